The van der Waals surface area contributed by atoms with E-state index >= 15 is 0 Å². The number of carbonyl (C=O) groups excluding carboxylic acids is 1. The number of hydrogen-bond acceptors (Lipinski definition) is 4. The van der Waals surface area contributed by atoms with Crippen molar-refractivity contribution in [2.45, 2.75) is 12.5 Å². The van der Waals surface area contributed by atoms with Crippen LogP contribution in [0.5, 0.6) is 0 Å². The smallest absolute Gasteiger partial charge is 0.305 e. The zero-order valence-electron chi connectivity index (χ0n) is 7.96. The second kappa shape index (κ2) is 3.68. The molecule has 0 saturated carbocycles. The highest BCUT2D eigenvalue weighted by atomic mass is 16.4. The molecule has 5 nitrogen and oxygen atoms in total. The number of aliphatic carboxylic acids is 1. The van der Waals surface area contributed by atoms with Crippen LogP contribution in [0.4, 0.5) is 0 Å². The zero-order valence-corrected chi connectivity index (χ0v) is 7.96. The van der Waals surface area contributed by atoms with E-state index in [4.69, 9.17) is 5.11 Å². The fourth-order valence-electron chi connectivity index (χ4n) is 1.64. The van der Waals surface area contributed by atoms with Gasteiger partial charge in [0.25, 0.3) is 0 Å². The fourth-order valence-corrected chi connectivity index (χ4v) is 1.64. The summed E-state index contributed by atoms with van der Waals surface area (Å²) in [6.07, 6.45) is 6.45. The van der Waals surface area contributed by atoms with Crippen LogP contribution in [0.1, 0.15) is 6.42 Å². The Bertz CT molecular complexity index is 395. The molecule has 0 bridgehead atoms. The molecule has 0 saturated heterocycles. The number of rotatable bonds is 3. The van der Waals surface area contributed by atoms with Gasteiger partial charge in [0, 0.05) is 6.54 Å². The lowest BCUT2D eigenvalue weighted by molar-refractivity contribution is -0.137. The Morgan fingerprint density at radius 3 is 3.13 bits per heavy atom. The van der Waals surface area contributed by atoms with Gasteiger partial charge in [-0.05, 0) is 12.2 Å². The van der Waals surface area contributed by atoms with Gasteiger partial charge in [0.05, 0.1) is 18.5 Å². The quantitative estimate of drug-likeness (QED) is 0.716. The van der Waals surface area contributed by atoms with Gasteiger partial charge in [-0.2, -0.15) is 0 Å². The van der Waals surface area contributed by atoms with Crippen molar-refractivity contribution in [3.05, 3.63) is 23.9 Å². The van der Waals surface area contributed by atoms with Crippen LogP contribution >= 0.6 is 0 Å². The molecule has 1 unspecified atom stereocenters. The summed E-state index contributed by atoms with van der Waals surface area (Å²) in [4.78, 5) is 27.7. The van der Waals surface area contributed by atoms with E-state index < -0.39 is 12.0 Å². The summed E-state index contributed by atoms with van der Waals surface area (Å²) in [6.45, 7) is 0.306. The maximum atomic E-state index is 11.5. The molecule has 1 aliphatic heterocycles. The van der Waals surface area contributed by atoms with Crippen LogP contribution in [0.2, 0.25) is 0 Å². The zero-order chi connectivity index (χ0) is 10.8. The van der Waals surface area contributed by atoms with Crippen molar-refractivity contribution in [3.63, 3.8) is 0 Å². The Kier molecular flexibility index (Phi) is 2.37. The fraction of sp³-hybridized carbons (Fsp3) is 0.300. The van der Waals surface area contributed by atoms with E-state index in [9.17, 15) is 9.59 Å². The molecule has 1 heterocycles. The third kappa shape index (κ3) is 1.81. The van der Waals surface area contributed by atoms with E-state index in [2.05, 4.69) is 4.99 Å². The van der Waals surface area contributed by atoms with E-state index in [0.717, 1.165) is 0 Å². The van der Waals surface area contributed by atoms with Gasteiger partial charge in [0.1, 0.15) is 6.04 Å². The van der Waals surface area contributed by atoms with Crippen molar-refractivity contribution < 1.29 is 14.7 Å². The van der Waals surface area contributed by atoms with Gasteiger partial charge in [-0.3, -0.25) is 9.59 Å². The summed E-state index contributed by atoms with van der Waals surface area (Å²) in [5.74, 6) is -0.921. The maximum Gasteiger partial charge on any atom is 0.305 e. The van der Waals surface area contributed by atoms with Crippen molar-refractivity contribution in [2.75, 3.05) is 6.54 Å². The average molecular weight is 206 g/mol. The van der Waals surface area contributed by atoms with Crippen molar-refractivity contribution in [2.24, 2.45) is 4.99 Å². The predicted octanol–water partition coefficient (Wildman–Crippen LogP) is 0.196. The number of carboxylic acids is 1. The lowest BCUT2D eigenvalue weighted by atomic mass is 10.0. The molecule has 0 radical (unpaired) electrons. The minimum absolute atomic E-state index is 0.00674. The Morgan fingerprint density at radius 1 is 1.60 bits per heavy atom. The van der Waals surface area contributed by atoms with Gasteiger partial charge in [-0.1, -0.05) is 6.08 Å². The summed E-state index contributed by atoms with van der Waals surface area (Å²) >= 11 is 0. The highest BCUT2D eigenvalue weighted by Gasteiger charge is 2.31. The molecule has 5 heteroatoms. The first kappa shape index (κ1) is 9.64. The molecule has 78 valence electrons. The monoisotopic (exact) mass is 206 g/mol. The first-order chi connectivity index (χ1) is 7.18. The molecule has 2 rings (SSSR count). The van der Waals surface area contributed by atoms with E-state index in [-0.39, 0.29) is 12.2 Å². The largest absolute Gasteiger partial charge is 0.481 e. The van der Waals surface area contributed by atoms with Crippen molar-refractivity contribution in [1.29, 1.82) is 0 Å². The summed E-state index contributed by atoms with van der Waals surface area (Å²) in [7, 11) is 0. The summed E-state index contributed by atoms with van der Waals surface area (Å²) in [6, 6.07) is -0.408. The molecule has 0 aromatic heterocycles. The van der Waals surface area contributed by atoms with E-state index in [1.807, 2.05) is 0 Å². The molecule has 2 aliphatic rings. The van der Waals surface area contributed by atoms with Crippen LogP contribution in [-0.4, -0.2) is 40.7 Å². The Labute approximate surface area is 86.4 Å². The Morgan fingerprint density at radius 2 is 2.40 bits per heavy atom. The van der Waals surface area contributed by atoms with E-state index in [1.54, 1.807) is 17.1 Å². The summed E-state index contributed by atoms with van der Waals surface area (Å²) < 4.78 is 0. The molecule has 1 atom stereocenters. The molecule has 1 aliphatic carbocycles. The number of ketones is 1. The van der Waals surface area contributed by atoms with Crippen molar-refractivity contribution >= 4 is 18.1 Å². The average Bonchev–Trinajstić information content (AvgIpc) is 2.59. The van der Waals surface area contributed by atoms with Crippen molar-refractivity contribution in [1.82, 2.24) is 4.90 Å². The number of hydrogen-bond donors (Lipinski definition) is 1. The number of nitrogens with zero attached hydrogens (tertiary/aromatic N) is 2. The maximum absolute atomic E-state index is 11.5. The van der Waals surface area contributed by atoms with Crippen molar-refractivity contribution in [3.8, 4) is 0 Å². The first-order valence-corrected chi connectivity index (χ1v) is 4.62. The Balaban J connectivity index is 2.07. The molecule has 15 heavy (non-hydrogen) atoms. The third-order valence-electron chi connectivity index (χ3n) is 2.35. The lowest BCUT2D eigenvalue weighted by Crippen LogP contribution is -2.38. The molecule has 0 aromatic carbocycles. The third-order valence-corrected chi connectivity index (χ3v) is 2.35. The highest BCUT2D eigenvalue weighted by Crippen LogP contribution is 2.22. The molecular formula is C10H10N2O3. The van der Waals surface area contributed by atoms with Gasteiger partial charge in [0.2, 0.25) is 0 Å². The van der Waals surface area contributed by atoms with Gasteiger partial charge in [-0.15, -0.1) is 0 Å². The number of fused-ring (bicyclic) bond motifs is 1. The molecule has 0 aromatic rings. The molecule has 0 amide bonds. The van der Waals surface area contributed by atoms with Crippen LogP contribution in [0.15, 0.2) is 28.9 Å². The number of carbonyl (C=O) groups is 2. The summed E-state index contributed by atoms with van der Waals surface area (Å²) in [5.41, 5.74) is 0.688. The number of aliphatic imine (C=N–C) groups is 1. The molecular weight excluding hydrogens is 196 g/mol. The van der Waals surface area contributed by atoms with Crippen LogP contribution in [0.25, 0.3) is 0 Å². The Hall–Kier alpha value is -1.91. The SMILES string of the molecule is O=C(O)CCN1C=NC2=CC=CC(=O)C21. The second-order valence-corrected chi connectivity index (χ2v) is 3.38. The molecule has 0 spiro atoms. The van der Waals surface area contributed by atoms with Crippen LogP contribution in [0.3, 0.4) is 0 Å². The second-order valence-electron chi connectivity index (χ2n) is 3.38. The normalized spacial score (nSPS) is 22.9. The minimum Gasteiger partial charge on any atom is -0.481 e. The van der Waals surface area contributed by atoms with Gasteiger partial charge in [0.15, 0.2) is 5.78 Å². The van der Waals surface area contributed by atoms with E-state index in [1.165, 1.54) is 12.4 Å². The van der Waals surface area contributed by atoms with Gasteiger partial charge >= 0.3 is 5.97 Å². The van der Waals surface area contributed by atoms with Crippen LogP contribution in [0, 0.1) is 0 Å². The standard InChI is InChI=1S/C10H10N2O3/c13-8-3-1-2-7-10(8)12(6-11-7)5-4-9(14)15/h1-3,6,10H,4-5H2,(H,14,15). The number of allylic oxidation sites excluding steroid dienone is 2. The summed E-state index contributed by atoms with van der Waals surface area (Å²) in [5, 5.41) is 8.55. The highest BCUT2D eigenvalue weighted by molar-refractivity contribution is 6.00. The van der Waals surface area contributed by atoms with Gasteiger partial charge < -0.3 is 10.0 Å². The molecule has 1 N–H and O–H groups in total. The van der Waals surface area contributed by atoms with Crippen LogP contribution < -0.4 is 0 Å². The number of carboxylic acid groups (broad SMARTS) is 1. The van der Waals surface area contributed by atoms with Gasteiger partial charge in [-0.25, -0.2) is 4.99 Å². The first-order valence-electron chi connectivity index (χ1n) is 4.62. The van der Waals surface area contributed by atoms with Crippen LogP contribution in [-0.2, 0) is 9.59 Å². The molecule has 0 fully saturated rings. The topological polar surface area (TPSA) is 70.0 Å². The minimum atomic E-state index is -0.875. The predicted molar refractivity (Wildman–Crippen MR) is 53.5 cm³/mol. The lowest BCUT2D eigenvalue weighted by Gasteiger charge is -2.22. The van der Waals surface area contributed by atoms with E-state index in [0.29, 0.717) is 12.2 Å².